The van der Waals surface area contributed by atoms with Gasteiger partial charge in [0.15, 0.2) is 0 Å². The molecule has 1 N–H and O–H groups in total. The molecule has 0 atom stereocenters. The van der Waals surface area contributed by atoms with Gasteiger partial charge in [-0.25, -0.2) is 18.8 Å². The van der Waals surface area contributed by atoms with Crippen molar-refractivity contribution in [3.05, 3.63) is 87.5 Å². The number of carbonyl (C=O) groups excluding carboxylic acids is 3. The van der Waals surface area contributed by atoms with E-state index in [-0.39, 0.29) is 35.8 Å². The van der Waals surface area contributed by atoms with Crippen LogP contribution in [0, 0.1) is 25.6 Å². The summed E-state index contributed by atoms with van der Waals surface area (Å²) in [5.41, 5.74) is 3.92. The highest BCUT2D eigenvalue weighted by atomic mass is 19.1. The number of aryl methyl sites for hydroxylation is 2. The Morgan fingerprint density at radius 3 is 2.24 bits per heavy atom. The quantitative estimate of drug-likeness (QED) is 0.218. The number of pyridine rings is 1. The Balaban J connectivity index is 2.08. The third-order valence-corrected chi connectivity index (χ3v) is 6.35. The van der Waals surface area contributed by atoms with E-state index in [9.17, 15) is 18.8 Å². The van der Waals surface area contributed by atoms with E-state index in [0.717, 1.165) is 22.9 Å². The Morgan fingerprint density at radius 2 is 1.67 bits per heavy atom. The number of alkyl carbamates (subject to hydrolysis) is 1. The van der Waals surface area contributed by atoms with E-state index in [1.165, 1.54) is 19.2 Å². The maximum Gasteiger partial charge on any atom is 0.407 e. The normalized spacial score (nSPS) is 11.3. The van der Waals surface area contributed by atoms with Crippen LogP contribution in [0.3, 0.4) is 0 Å². The van der Waals surface area contributed by atoms with Gasteiger partial charge < -0.3 is 19.5 Å². The molecule has 8 nitrogen and oxygen atoms in total. The van der Waals surface area contributed by atoms with Crippen molar-refractivity contribution in [3.63, 3.8) is 0 Å². The number of nitrogens with zero attached hydrogens (tertiary/aromatic N) is 1. The van der Waals surface area contributed by atoms with Crippen molar-refractivity contribution in [3.8, 4) is 11.1 Å². The molecular weight excluding hydrogens is 539 g/mol. The number of carbonyl (C=O) groups is 3. The number of hydrogen-bond acceptors (Lipinski definition) is 7. The Morgan fingerprint density at radius 1 is 1.00 bits per heavy atom. The number of halogens is 1. The summed E-state index contributed by atoms with van der Waals surface area (Å²) < 4.78 is 30.4. The molecule has 3 rings (SSSR count). The molecule has 0 spiro atoms. The molecule has 1 aromatic heterocycles. The van der Waals surface area contributed by atoms with Crippen LogP contribution in [0.15, 0.2) is 42.5 Å². The highest BCUT2D eigenvalue weighted by Gasteiger charge is 2.26. The minimum atomic E-state index is -0.700. The zero-order valence-corrected chi connectivity index (χ0v) is 25.5. The smallest absolute Gasteiger partial charge is 0.407 e. The molecule has 224 valence electrons. The van der Waals surface area contributed by atoms with Crippen molar-refractivity contribution >= 4 is 18.0 Å². The second kappa shape index (κ2) is 13.6. The van der Waals surface area contributed by atoms with Gasteiger partial charge >= 0.3 is 18.0 Å². The molecule has 2 aromatic carbocycles. The maximum atomic E-state index is 14.7. The molecule has 9 heteroatoms. The van der Waals surface area contributed by atoms with Crippen LogP contribution in [-0.4, -0.2) is 35.7 Å². The summed E-state index contributed by atoms with van der Waals surface area (Å²) in [5, 5.41) is 2.82. The van der Waals surface area contributed by atoms with Crippen molar-refractivity contribution < 1.29 is 33.0 Å². The van der Waals surface area contributed by atoms with Crippen molar-refractivity contribution in [2.75, 3.05) is 7.11 Å². The van der Waals surface area contributed by atoms with E-state index in [1.54, 1.807) is 27.7 Å². The van der Waals surface area contributed by atoms with E-state index in [1.807, 2.05) is 31.2 Å². The Labute approximate surface area is 246 Å². The Hall–Kier alpha value is -4.27. The zero-order valence-electron chi connectivity index (χ0n) is 25.5. The molecule has 0 aliphatic carbocycles. The molecule has 1 heterocycles. The zero-order chi connectivity index (χ0) is 31.2. The summed E-state index contributed by atoms with van der Waals surface area (Å²) in [6, 6.07) is 11.5. The molecule has 3 aromatic rings. The number of aromatic nitrogens is 1. The summed E-state index contributed by atoms with van der Waals surface area (Å²) >= 11 is 0. The minimum Gasteiger partial charge on any atom is -0.465 e. The average molecular weight is 579 g/mol. The first kappa shape index (κ1) is 32.2. The van der Waals surface area contributed by atoms with Crippen LogP contribution in [0.2, 0.25) is 0 Å². The van der Waals surface area contributed by atoms with Crippen molar-refractivity contribution in [1.82, 2.24) is 10.3 Å². The summed E-state index contributed by atoms with van der Waals surface area (Å²) in [4.78, 5) is 42.8. The second-order valence-electron chi connectivity index (χ2n) is 11.6. The molecule has 0 fully saturated rings. The number of esters is 2. The lowest BCUT2D eigenvalue weighted by atomic mass is 9.89. The highest BCUT2D eigenvalue weighted by molar-refractivity contribution is 5.99. The fourth-order valence-corrected chi connectivity index (χ4v) is 4.44. The lowest BCUT2D eigenvalue weighted by Crippen LogP contribution is -2.32. The molecule has 0 radical (unpaired) electrons. The third-order valence-electron chi connectivity index (χ3n) is 6.35. The average Bonchev–Trinajstić information content (AvgIpc) is 2.90. The second-order valence-corrected chi connectivity index (χ2v) is 11.6. The predicted octanol–water partition coefficient (Wildman–Crippen LogP) is 6.87. The maximum absolute atomic E-state index is 14.7. The molecule has 1 amide bonds. The van der Waals surface area contributed by atoms with Crippen LogP contribution in [0.5, 0.6) is 0 Å². The van der Waals surface area contributed by atoms with Gasteiger partial charge in [-0.1, -0.05) is 49.7 Å². The first-order valence-electron chi connectivity index (χ1n) is 13.8. The lowest BCUT2D eigenvalue weighted by molar-refractivity contribution is 0.0466. The number of benzene rings is 2. The fourth-order valence-electron chi connectivity index (χ4n) is 4.44. The molecule has 42 heavy (non-hydrogen) atoms. The number of ether oxygens (including phenoxy) is 3. The van der Waals surface area contributed by atoms with Gasteiger partial charge in [0.1, 0.15) is 18.0 Å². The van der Waals surface area contributed by atoms with Crippen molar-refractivity contribution in [2.45, 2.75) is 73.6 Å². The summed E-state index contributed by atoms with van der Waals surface area (Å²) in [7, 11) is 1.21. The summed E-state index contributed by atoms with van der Waals surface area (Å²) in [5.74, 6) is -1.82. The first-order valence-corrected chi connectivity index (χ1v) is 13.8. The van der Waals surface area contributed by atoms with E-state index in [4.69, 9.17) is 14.5 Å². The topological polar surface area (TPSA) is 104 Å². The SMILES string of the molecule is COC(=O)c1ccc(COC(=O)c2c(C)nc(CC(C)C)c(CNC(=O)OC(C)(C)C)c2-c2ccc(C)cc2)c(F)c1. The molecule has 0 saturated carbocycles. The minimum absolute atomic E-state index is 0.0506. The number of nitrogens with one attached hydrogen (secondary N) is 1. The standard InChI is InChI=1S/C33H39FN2O6/c1-19(2)15-27-25(17-35-32(39)42-33(5,6)7)29(22-11-9-20(3)10-12-22)28(21(4)36-27)31(38)41-18-24-14-13-23(16-26(24)34)30(37)40-8/h9-14,16,19H,15,17-18H2,1-8H3,(H,35,39). The van der Waals surface area contributed by atoms with Gasteiger partial charge in [0.2, 0.25) is 0 Å². The molecule has 0 aliphatic heterocycles. The highest BCUT2D eigenvalue weighted by Crippen LogP contribution is 2.34. The molecule has 0 aliphatic rings. The number of amides is 1. The molecular formula is C33H39FN2O6. The van der Waals surface area contributed by atoms with Crippen LogP contribution in [0.1, 0.15) is 83.4 Å². The Bertz CT molecular complexity index is 1460. The van der Waals surface area contributed by atoms with Crippen LogP contribution >= 0.6 is 0 Å². The van der Waals surface area contributed by atoms with Crippen LogP contribution in [0.25, 0.3) is 11.1 Å². The number of hydrogen-bond donors (Lipinski definition) is 1. The van der Waals surface area contributed by atoms with Gasteiger partial charge in [-0.05, 0) is 64.7 Å². The summed E-state index contributed by atoms with van der Waals surface area (Å²) in [6.45, 7) is 12.9. The largest absolute Gasteiger partial charge is 0.465 e. The van der Waals surface area contributed by atoms with E-state index in [0.29, 0.717) is 23.2 Å². The van der Waals surface area contributed by atoms with Gasteiger partial charge in [-0.3, -0.25) is 4.98 Å². The van der Waals surface area contributed by atoms with E-state index >= 15 is 0 Å². The van der Waals surface area contributed by atoms with Gasteiger partial charge in [-0.2, -0.15) is 0 Å². The van der Waals surface area contributed by atoms with Crippen LogP contribution in [-0.2, 0) is 33.8 Å². The van der Waals surface area contributed by atoms with Crippen molar-refractivity contribution in [2.24, 2.45) is 5.92 Å². The Kier molecular flexibility index (Phi) is 10.4. The first-order chi connectivity index (χ1) is 19.7. The number of methoxy groups -OCH3 is 1. The van der Waals surface area contributed by atoms with Gasteiger partial charge in [0, 0.05) is 28.9 Å². The van der Waals surface area contributed by atoms with Gasteiger partial charge in [-0.15, -0.1) is 0 Å². The fraction of sp³-hybridized carbons (Fsp3) is 0.394. The third kappa shape index (κ3) is 8.38. The predicted molar refractivity (Wildman–Crippen MR) is 158 cm³/mol. The summed E-state index contributed by atoms with van der Waals surface area (Å²) in [6.07, 6.45) is 0.0152. The molecule has 0 saturated heterocycles. The van der Waals surface area contributed by atoms with Crippen LogP contribution in [0.4, 0.5) is 9.18 Å². The van der Waals surface area contributed by atoms with Gasteiger partial charge in [0.25, 0.3) is 0 Å². The number of rotatable bonds is 9. The lowest BCUT2D eigenvalue weighted by Gasteiger charge is -2.23. The van der Waals surface area contributed by atoms with E-state index in [2.05, 4.69) is 23.9 Å². The van der Waals surface area contributed by atoms with E-state index < -0.39 is 29.5 Å². The monoisotopic (exact) mass is 578 g/mol. The van der Waals surface area contributed by atoms with Crippen molar-refractivity contribution in [1.29, 1.82) is 0 Å². The molecule has 0 unspecified atom stereocenters. The van der Waals surface area contributed by atoms with Gasteiger partial charge in [0.05, 0.1) is 23.9 Å². The van der Waals surface area contributed by atoms with Crippen LogP contribution < -0.4 is 5.32 Å². The molecule has 0 bridgehead atoms.